The maximum absolute atomic E-state index is 5.86. The molecule has 0 radical (unpaired) electrons. The van der Waals surface area contributed by atoms with Gasteiger partial charge in [0.05, 0.1) is 5.92 Å². The van der Waals surface area contributed by atoms with Gasteiger partial charge in [0.25, 0.3) is 0 Å². The van der Waals surface area contributed by atoms with E-state index in [1.54, 1.807) is 6.20 Å². The molecule has 0 fully saturated rings. The summed E-state index contributed by atoms with van der Waals surface area (Å²) in [5, 5.41) is 0. The van der Waals surface area contributed by atoms with Crippen molar-refractivity contribution in [3.63, 3.8) is 0 Å². The number of H-pyrrole nitrogens is 1. The molecule has 0 aliphatic heterocycles. The standard InChI is InChI=1S/C15H21N3/c1-3-11(2)12-4-6-13(7-5-12)14(10-16)15-17-8-9-18-15/h4-9,11,14H,3,10,16H2,1-2H3,(H,17,18). The van der Waals surface area contributed by atoms with Crippen LogP contribution >= 0.6 is 0 Å². The average molecular weight is 243 g/mol. The zero-order chi connectivity index (χ0) is 13.0. The van der Waals surface area contributed by atoms with Crippen LogP contribution in [0, 0.1) is 0 Å². The molecular weight excluding hydrogens is 222 g/mol. The lowest BCUT2D eigenvalue weighted by molar-refractivity contribution is 0.728. The number of benzene rings is 1. The second-order valence-electron chi connectivity index (χ2n) is 4.74. The van der Waals surface area contributed by atoms with E-state index >= 15 is 0 Å². The molecular formula is C15H21N3. The van der Waals surface area contributed by atoms with Crippen LogP contribution in [0.1, 0.15) is 49.1 Å². The van der Waals surface area contributed by atoms with Gasteiger partial charge in [0, 0.05) is 18.9 Å². The first-order chi connectivity index (χ1) is 8.76. The van der Waals surface area contributed by atoms with Crippen LogP contribution in [0.15, 0.2) is 36.7 Å². The summed E-state index contributed by atoms with van der Waals surface area (Å²) in [6, 6.07) is 8.74. The molecule has 0 saturated heterocycles. The third kappa shape index (κ3) is 2.62. The fourth-order valence-electron chi connectivity index (χ4n) is 2.17. The van der Waals surface area contributed by atoms with Crippen LogP contribution in [0.4, 0.5) is 0 Å². The van der Waals surface area contributed by atoms with Crippen LogP contribution in [-0.4, -0.2) is 16.5 Å². The number of rotatable bonds is 5. The Balaban J connectivity index is 2.22. The minimum absolute atomic E-state index is 0.158. The van der Waals surface area contributed by atoms with Crippen molar-refractivity contribution in [2.75, 3.05) is 6.54 Å². The van der Waals surface area contributed by atoms with Crippen molar-refractivity contribution in [1.29, 1.82) is 0 Å². The number of hydrogen-bond donors (Lipinski definition) is 2. The zero-order valence-corrected chi connectivity index (χ0v) is 11.1. The molecule has 1 aromatic heterocycles. The Morgan fingerprint density at radius 1 is 1.22 bits per heavy atom. The molecule has 0 aliphatic carbocycles. The Morgan fingerprint density at radius 3 is 2.39 bits per heavy atom. The highest BCUT2D eigenvalue weighted by Gasteiger charge is 2.14. The van der Waals surface area contributed by atoms with Crippen LogP contribution in [0.2, 0.25) is 0 Å². The molecule has 0 bridgehead atoms. The molecule has 3 heteroatoms. The lowest BCUT2D eigenvalue weighted by Crippen LogP contribution is -2.15. The summed E-state index contributed by atoms with van der Waals surface area (Å²) in [5.74, 6) is 1.71. The van der Waals surface area contributed by atoms with Gasteiger partial charge >= 0.3 is 0 Å². The van der Waals surface area contributed by atoms with E-state index in [2.05, 4.69) is 48.1 Å². The van der Waals surface area contributed by atoms with Gasteiger partial charge < -0.3 is 10.7 Å². The minimum Gasteiger partial charge on any atom is -0.348 e. The van der Waals surface area contributed by atoms with Gasteiger partial charge in [-0.2, -0.15) is 0 Å². The van der Waals surface area contributed by atoms with E-state index in [0.717, 1.165) is 12.2 Å². The number of hydrogen-bond acceptors (Lipinski definition) is 2. The first kappa shape index (κ1) is 12.8. The SMILES string of the molecule is CCC(C)c1ccc(C(CN)c2ncc[nH]2)cc1. The zero-order valence-electron chi connectivity index (χ0n) is 11.1. The summed E-state index contributed by atoms with van der Waals surface area (Å²) in [6.07, 6.45) is 4.77. The lowest BCUT2D eigenvalue weighted by Gasteiger charge is -2.15. The number of imidazole rings is 1. The van der Waals surface area contributed by atoms with Gasteiger partial charge in [0.1, 0.15) is 5.82 Å². The number of aromatic nitrogens is 2. The van der Waals surface area contributed by atoms with Crippen molar-refractivity contribution in [3.8, 4) is 0 Å². The number of nitrogens with one attached hydrogen (secondary N) is 1. The van der Waals surface area contributed by atoms with Gasteiger partial charge in [-0.15, -0.1) is 0 Å². The van der Waals surface area contributed by atoms with Crippen molar-refractivity contribution in [2.45, 2.75) is 32.1 Å². The maximum atomic E-state index is 5.86. The highest BCUT2D eigenvalue weighted by atomic mass is 14.9. The van der Waals surface area contributed by atoms with E-state index in [1.807, 2.05) is 6.20 Å². The molecule has 0 amide bonds. The van der Waals surface area contributed by atoms with Crippen molar-refractivity contribution in [3.05, 3.63) is 53.6 Å². The number of aromatic amines is 1. The van der Waals surface area contributed by atoms with Gasteiger partial charge in [-0.05, 0) is 23.5 Å². The molecule has 2 atom stereocenters. The molecule has 0 aliphatic rings. The van der Waals surface area contributed by atoms with Gasteiger partial charge in [0.15, 0.2) is 0 Å². The summed E-state index contributed by atoms with van der Waals surface area (Å²) in [5.41, 5.74) is 8.47. The van der Waals surface area contributed by atoms with Gasteiger partial charge in [-0.3, -0.25) is 0 Å². The molecule has 0 saturated carbocycles. The highest BCUT2D eigenvalue weighted by Crippen LogP contribution is 2.24. The molecule has 96 valence electrons. The second kappa shape index (κ2) is 5.83. The Kier molecular flexibility index (Phi) is 4.15. The van der Waals surface area contributed by atoms with Crippen molar-refractivity contribution in [1.82, 2.24) is 9.97 Å². The molecule has 3 N–H and O–H groups in total. The predicted octanol–water partition coefficient (Wildman–Crippen LogP) is 3.01. The maximum Gasteiger partial charge on any atom is 0.114 e. The van der Waals surface area contributed by atoms with Crippen LogP contribution in [0.25, 0.3) is 0 Å². The topological polar surface area (TPSA) is 54.7 Å². The number of nitrogens with zero attached hydrogens (tertiary/aromatic N) is 1. The summed E-state index contributed by atoms with van der Waals surface area (Å²) >= 11 is 0. The van der Waals surface area contributed by atoms with Crippen LogP contribution in [0.5, 0.6) is 0 Å². The van der Waals surface area contributed by atoms with E-state index < -0.39 is 0 Å². The minimum atomic E-state index is 0.158. The monoisotopic (exact) mass is 243 g/mol. The van der Waals surface area contributed by atoms with E-state index in [9.17, 15) is 0 Å². The Hall–Kier alpha value is -1.61. The third-order valence-corrected chi connectivity index (χ3v) is 3.61. The molecule has 1 heterocycles. The fraction of sp³-hybridized carbons (Fsp3) is 0.400. The lowest BCUT2D eigenvalue weighted by atomic mass is 9.93. The molecule has 18 heavy (non-hydrogen) atoms. The quantitative estimate of drug-likeness (QED) is 0.848. The smallest absolute Gasteiger partial charge is 0.114 e. The van der Waals surface area contributed by atoms with Crippen molar-refractivity contribution in [2.24, 2.45) is 5.73 Å². The molecule has 2 unspecified atom stereocenters. The summed E-state index contributed by atoms with van der Waals surface area (Å²) in [7, 11) is 0. The largest absolute Gasteiger partial charge is 0.348 e. The van der Waals surface area contributed by atoms with Crippen LogP contribution in [0.3, 0.4) is 0 Å². The highest BCUT2D eigenvalue weighted by molar-refractivity contribution is 5.31. The van der Waals surface area contributed by atoms with E-state index in [-0.39, 0.29) is 5.92 Å². The first-order valence-corrected chi connectivity index (χ1v) is 6.55. The molecule has 3 nitrogen and oxygen atoms in total. The van der Waals surface area contributed by atoms with E-state index in [4.69, 9.17) is 5.73 Å². The van der Waals surface area contributed by atoms with E-state index in [1.165, 1.54) is 11.1 Å². The normalized spacial score (nSPS) is 14.4. The Labute approximate surface area is 108 Å². The second-order valence-corrected chi connectivity index (χ2v) is 4.74. The molecule has 0 spiro atoms. The molecule has 2 aromatic rings. The van der Waals surface area contributed by atoms with Gasteiger partial charge in [-0.1, -0.05) is 38.1 Å². The first-order valence-electron chi connectivity index (χ1n) is 6.55. The van der Waals surface area contributed by atoms with Gasteiger partial charge in [-0.25, -0.2) is 4.98 Å². The van der Waals surface area contributed by atoms with Crippen LogP contribution < -0.4 is 5.73 Å². The predicted molar refractivity (Wildman–Crippen MR) is 74.6 cm³/mol. The van der Waals surface area contributed by atoms with E-state index in [0.29, 0.717) is 12.5 Å². The molecule has 2 rings (SSSR count). The van der Waals surface area contributed by atoms with Crippen LogP contribution in [-0.2, 0) is 0 Å². The van der Waals surface area contributed by atoms with Gasteiger partial charge in [0.2, 0.25) is 0 Å². The third-order valence-electron chi connectivity index (χ3n) is 3.61. The Morgan fingerprint density at radius 2 is 1.89 bits per heavy atom. The Bertz CT molecular complexity index is 459. The number of nitrogens with two attached hydrogens (primary N) is 1. The fourth-order valence-corrected chi connectivity index (χ4v) is 2.17. The average Bonchev–Trinajstić information content (AvgIpc) is 2.93. The summed E-state index contributed by atoms with van der Waals surface area (Å²) in [4.78, 5) is 7.45. The summed E-state index contributed by atoms with van der Waals surface area (Å²) in [6.45, 7) is 5.03. The van der Waals surface area contributed by atoms with Crippen molar-refractivity contribution >= 4 is 0 Å². The van der Waals surface area contributed by atoms with Crippen molar-refractivity contribution < 1.29 is 0 Å². The molecule has 1 aromatic carbocycles. The summed E-state index contributed by atoms with van der Waals surface area (Å²) < 4.78 is 0.